The molecule has 2 heterocycles. The molecule has 0 spiro atoms. The first-order valence-corrected chi connectivity index (χ1v) is 13.0. The zero-order chi connectivity index (χ0) is 24.9. The second-order valence-electron chi connectivity index (χ2n) is 11.2. The fourth-order valence-corrected chi connectivity index (χ4v) is 5.92. The molecule has 2 amide bonds. The lowest BCUT2D eigenvalue weighted by Crippen LogP contribution is -2.50. The van der Waals surface area contributed by atoms with E-state index in [0.717, 1.165) is 25.0 Å². The predicted octanol–water partition coefficient (Wildman–Crippen LogP) is 4.67. The van der Waals surface area contributed by atoms with E-state index in [2.05, 4.69) is 28.7 Å². The van der Waals surface area contributed by atoms with Gasteiger partial charge in [0.1, 0.15) is 5.60 Å². The Hall–Kier alpha value is -2.61. The highest BCUT2D eigenvalue weighted by molar-refractivity contribution is 6.30. The quantitative estimate of drug-likeness (QED) is 0.623. The third-order valence-corrected chi connectivity index (χ3v) is 7.92. The standard InChI is InChI=1S/C26H34ClN5O3/c1-5-21(28-24(33)15-6-8-17(27)9-7-15)23-19-10-18(11-20(19)23)32-14-22(29-30-32)16-12-31(13-16)25(34)35-26(2,3)4/h6-9,14,16,18-21,23H,5,10-13H2,1-4H3,(H,28,33). The summed E-state index contributed by atoms with van der Waals surface area (Å²) in [4.78, 5) is 26.6. The molecule has 1 saturated heterocycles. The number of hydrogen-bond donors (Lipinski definition) is 1. The van der Waals surface area contributed by atoms with Gasteiger partial charge in [-0.05, 0) is 82.1 Å². The Balaban J connectivity index is 1.11. The topological polar surface area (TPSA) is 89.4 Å². The average molecular weight is 500 g/mol. The molecule has 0 bridgehead atoms. The van der Waals surface area contributed by atoms with Crippen molar-refractivity contribution in [3.8, 4) is 0 Å². The van der Waals surface area contributed by atoms with Gasteiger partial charge in [-0.25, -0.2) is 9.48 Å². The van der Waals surface area contributed by atoms with E-state index in [-0.39, 0.29) is 24.0 Å². The molecule has 1 aromatic heterocycles. The van der Waals surface area contributed by atoms with Crippen LogP contribution in [0.5, 0.6) is 0 Å². The normalized spacial score (nSPS) is 26.6. The Morgan fingerprint density at radius 2 is 1.83 bits per heavy atom. The number of aromatic nitrogens is 3. The number of nitrogens with zero attached hydrogens (tertiary/aromatic N) is 4. The van der Waals surface area contributed by atoms with Gasteiger partial charge in [0.25, 0.3) is 5.91 Å². The lowest BCUT2D eigenvalue weighted by molar-refractivity contribution is 0.00785. The second-order valence-corrected chi connectivity index (χ2v) is 11.7. The number of ether oxygens (including phenoxy) is 1. The SMILES string of the molecule is CCC(NC(=O)c1ccc(Cl)cc1)C1C2CC(n3cc(C4CN(C(=O)OC(C)(C)C)C4)nn3)CC21. The molecule has 0 radical (unpaired) electrons. The predicted molar refractivity (Wildman–Crippen MR) is 132 cm³/mol. The van der Waals surface area contributed by atoms with Crippen molar-refractivity contribution < 1.29 is 14.3 Å². The van der Waals surface area contributed by atoms with Gasteiger partial charge in [-0.1, -0.05) is 23.7 Å². The van der Waals surface area contributed by atoms with Gasteiger partial charge >= 0.3 is 6.09 Å². The zero-order valence-corrected chi connectivity index (χ0v) is 21.5. The Kier molecular flexibility index (Phi) is 6.28. The van der Waals surface area contributed by atoms with Gasteiger partial charge in [0.15, 0.2) is 0 Å². The molecule has 5 rings (SSSR count). The average Bonchev–Trinajstić information content (AvgIpc) is 3.10. The Morgan fingerprint density at radius 1 is 1.17 bits per heavy atom. The number of halogens is 1. The molecule has 3 aliphatic rings. The second kappa shape index (κ2) is 9.12. The minimum absolute atomic E-state index is 0.0307. The van der Waals surface area contributed by atoms with Crippen molar-refractivity contribution in [3.63, 3.8) is 0 Å². The monoisotopic (exact) mass is 499 g/mol. The van der Waals surface area contributed by atoms with Crippen LogP contribution < -0.4 is 5.32 Å². The van der Waals surface area contributed by atoms with Crippen LogP contribution in [0.2, 0.25) is 5.02 Å². The number of nitrogens with one attached hydrogen (secondary N) is 1. The Labute approximate surface area is 211 Å². The summed E-state index contributed by atoms with van der Waals surface area (Å²) in [5, 5.41) is 12.7. The van der Waals surface area contributed by atoms with Crippen LogP contribution in [0.4, 0.5) is 4.79 Å². The Morgan fingerprint density at radius 3 is 2.43 bits per heavy atom. The van der Waals surface area contributed by atoms with E-state index in [1.807, 2.05) is 25.5 Å². The van der Waals surface area contributed by atoms with Crippen molar-refractivity contribution in [2.45, 2.75) is 70.6 Å². The summed E-state index contributed by atoms with van der Waals surface area (Å²) < 4.78 is 7.45. The summed E-state index contributed by atoms with van der Waals surface area (Å²) in [6.45, 7) is 9.01. The summed E-state index contributed by atoms with van der Waals surface area (Å²) in [6.07, 6.45) is 4.85. The third-order valence-electron chi connectivity index (χ3n) is 7.67. The number of likely N-dealkylation sites (tertiary alicyclic amines) is 1. The molecule has 1 N–H and O–H groups in total. The maximum Gasteiger partial charge on any atom is 0.410 e. The van der Waals surface area contributed by atoms with Crippen molar-refractivity contribution in [1.29, 1.82) is 0 Å². The van der Waals surface area contributed by atoms with E-state index >= 15 is 0 Å². The van der Waals surface area contributed by atoms with Crippen molar-refractivity contribution in [3.05, 3.63) is 46.7 Å². The van der Waals surface area contributed by atoms with Crippen LogP contribution in [-0.4, -0.2) is 56.6 Å². The van der Waals surface area contributed by atoms with Crippen molar-refractivity contribution in [1.82, 2.24) is 25.2 Å². The van der Waals surface area contributed by atoms with E-state index in [0.29, 0.717) is 47.5 Å². The molecule has 1 aromatic carbocycles. The van der Waals surface area contributed by atoms with Crippen molar-refractivity contribution >= 4 is 23.6 Å². The highest BCUT2D eigenvalue weighted by Gasteiger charge is 2.59. The number of carbonyl (C=O) groups excluding carboxylic acids is 2. The van der Waals surface area contributed by atoms with E-state index in [1.54, 1.807) is 29.2 Å². The molecule has 8 nitrogen and oxygen atoms in total. The van der Waals surface area contributed by atoms with E-state index < -0.39 is 5.60 Å². The maximum absolute atomic E-state index is 12.7. The van der Waals surface area contributed by atoms with Crippen molar-refractivity contribution in [2.75, 3.05) is 13.1 Å². The number of carbonyl (C=O) groups is 2. The third kappa shape index (κ3) is 5.03. The number of amides is 2. The molecule has 35 heavy (non-hydrogen) atoms. The minimum atomic E-state index is -0.484. The highest BCUT2D eigenvalue weighted by Crippen LogP contribution is 2.62. The number of fused-ring (bicyclic) bond motifs is 1. The molecular formula is C26H34ClN5O3. The molecule has 3 atom stereocenters. The minimum Gasteiger partial charge on any atom is -0.444 e. The fraction of sp³-hybridized carbons (Fsp3) is 0.615. The number of hydrogen-bond acceptors (Lipinski definition) is 5. The summed E-state index contributed by atoms with van der Waals surface area (Å²) in [7, 11) is 0. The first-order valence-electron chi connectivity index (χ1n) is 12.6. The van der Waals surface area contributed by atoms with E-state index in [9.17, 15) is 9.59 Å². The smallest absolute Gasteiger partial charge is 0.410 e. The van der Waals surface area contributed by atoms with E-state index in [1.165, 1.54) is 0 Å². The lowest BCUT2D eigenvalue weighted by atomic mass is 9.97. The fourth-order valence-electron chi connectivity index (χ4n) is 5.80. The van der Waals surface area contributed by atoms with Gasteiger partial charge in [0.2, 0.25) is 0 Å². The van der Waals surface area contributed by atoms with Gasteiger partial charge in [-0.15, -0.1) is 5.10 Å². The number of benzene rings is 1. The van der Waals surface area contributed by atoms with Gasteiger partial charge in [0, 0.05) is 41.8 Å². The molecule has 188 valence electrons. The Bertz CT molecular complexity index is 1080. The molecule has 9 heteroatoms. The van der Waals surface area contributed by atoms with Crippen LogP contribution in [0, 0.1) is 17.8 Å². The molecule has 3 unspecified atom stereocenters. The first kappa shape index (κ1) is 24.1. The summed E-state index contributed by atoms with van der Waals surface area (Å²) in [5.74, 6) is 1.96. The maximum atomic E-state index is 12.7. The van der Waals surface area contributed by atoms with Crippen LogP contribution in [-0.2, 0) is 4.74 Å². The van der Waals surface area contributed by atoms with E-state index in [4.69, 9.17) is 16.3 Å². The van der Waals surface area contributed by atoms with Crippen LogP contribution >= 0.6 is 11.6 Å². The molecule has 2 saturated carbocycles. The molecular weight excluding hydrogens is 466 g/mol. The summed E-state index contributed by atoms with van der Waals surface area (Å²) >= 11 is 5.94. The summed E-state index contributed by atoms with van der Waals surface area (Å²) in [5.41, 5.74) is 1.11. The molecule has 2 aromatic rings. The van der Waals surface area contributed by atoms with Gasteiger partial charge < -0.3 is 15.0 Å². The van der Waals surface area contributed by atoms with Crippen LogP contribution in [0.1, 0.15) is 75.0 Å². The van der Waals surface area contributed by atoms with Gasteiger partial charge in [-0.2, -0.15) is 0 Å². The van der Waals surface area contributed by atoms with Crippen LogP contribution in [0.15, 0.2) is 30.5 Å². The number of rotatable bonds is 6. The zero-order valence-electron chi connectivity index (χ0n) is 20.8. The molecule has 2 aliphatic carbocycles. The van der Waals surface area contributed by atoms with Gasteiger partial charge in [-0.3, -0.25) is 4.79 Å². The first-order chi connectivity index (χ1) is 16.6. The van der Waals surface area contributed by atoms with Gasteiger partial charge in [0.05, 0.1) is 11.7 Å². The summed E-state index contributed by atoms with van der Waals surface area (Å²) in [6, 6.07) is 7.58. The lowest BCUT2D eigenvalue weighted by Gasteiger charge is -2.38. The van der Waals surface area contributed by atoms with Crippen LogP contribution in [0.25, 0.3) is 0 Å². The molecule has 3 fully saturated rings. The molecule has 1 aliphatic heterocycles. The van der Waals surface area contributed by atoms with Crippen molar-refractivity contribution in [2.24, 2.45) is 17.8 Å². The van der Waals surface area contributed by atoms with Crippen LogP contribution in [0.3, 0.4) is 0 Å². The highest BCUT2D eigenvalue weighted by atomic mass is 35.5. The largest absolute Gasteiger partial charge is 0.444 e.